The summed E-state index contributed by atoms with van der Waals surface area (Å²) in [5.74, 6) is -1.47. The van der Waals surface area contributed by atoms with E-state index < -0.39 is 30.2 Å². The summed E-state index contributed by atoms with van der Waals surface area (Å²) < 4.78 is 45.1. The quantitative estimate of drug-likeness (QED) is 0.806. The average molecular weight is 334 g/mol. The molecule has 1 heterocycles. The molecule has 9 heteroatoms. The monoisotopic (exact) mass is 334 g/mol. The van der Waals surface area contributed by atoms with Gasteiger partial charge in [-0.15, -0.1) is 0 Å². The summed E-state index contributed by atoms with van der Waals surface area (Å²) in [5, 5.41) is 2.51. The van der Waals surface area contributed by atoms with Gasteiger partial charge in [-0.2, -0.15) is 13.2 Å². The van der Waals surface area contributed by atoms with Gasteiger partial charge in [-0.05, 0) is 19.4 Å². The van der Waals surface area contributed by atoms with E-state index in [0.29, 0.717) is 6.42 Å². The van der Waals surface area contributed by atoms with Crippen LogP contribution in [0.1, 0.15) is 30.6 Å². The van der Waals surface area contributed by atoms with Crippen LogP contribution in [0.15, 0.2) is 18.3 Å². The molecular weight excluding hydrogens is 317 g/mol. The van der Waals surface area contributed by atoms with Crippen molar-refractivity contribution in [2.75, 3.05) is 13.7 Å². The lowest BCUT2D eigenvalue weighted by molar-refractivity contribution is -0.154. The molecule has 0 unspecified atom stereocenters. The highest BCUT2D eigenvalue weighted by atomic mass is 19.4. The minimum absolute atomic E-state index is 0.0768. The van der Waals surface area contributed by atoms with Gasteiger partial charge in [-0.25, -0.2) is 9.78 Å². The average Bonchev–Trinajstić information content (AvgIpc) is 2.51. The fourth-order valence-corrected chi connectivity index (χ4v) is 1.59. The third-order valence-electron chi connectivity index (χ3n) is 3.11. The van der Waals surface area contributed by atoms with Crippen molar-refractivity contribution in [1.82, 2.24) is 10.3 Å². The first kappa shape index (κ1) is 18.7. The Bertz CT molecular complexity index is 560. The lowest BCUT2D eigenvalue weighted by Gasteiger charge is -2.26. The summed E-state index contributed by atoms with van der Waals surface area (Å²) >= 11 is 0. The van der Waals surface area contributed by atoms with E-state index in [2.05, 4.69) is 19.8 Å². The van der Waals surface area contributed by atoms with Crippen molar-refractivity contribution in [3.63, 3.8) is 0 Å². The van der Waals surface area contributed by atoms with Crippen molar-refractivity contribution in [1.29, 1.82) is 0 Å². The van der Waals surface area contributed by atoms with E-state index in [4.69, 9.17) is 0 Å². The fourth-order valence-electron chi connectivity index (χ4n) is 1.59. The first-order valence-corrected chi connectivity index (χ1v) is 6.68. The summed E-state index contributed by atoms with van der Waals surface area (Å²) in [6, 6.07) is 2.39. The molecule has 1 aromatic heterocycles. The number of ether oxygens (including phenoxy) is 2. The zero-order valence-corrected chi connectivity index (χ0v) is 12.9. The zero-order chi connectivity index (χ0) is 17.7. The second-order valence-electron chi connectivity index (χ2n) is 4.92. The van der Waals surface area contributed by atoms with Crippen LogP contribution in [-0.4, -0.2) is 42.3 Å². The van der Waals surface area contributed by atoms with Crippen LogP contribution in [0.5, 0.6) is 5.88 Å². The predicted octanol–water partition coefficient (Wildman–Crippen LogP) is 2.09. The molecule has 128 valence electrons. The van der Waals surface area contributed by atoms with Gasteiger partial charge in [0.25, 0.3) is 5.91 Å². The number of nitrogens with one attached hydrogen (secondary N) is 1. The summed E-state index contributed by atoms with van der Waals surface area (Å²) in [6.07, 6.45) is -3.11. The minimum Gasteiger partial charge on any atom is -0.468 e. The molecule has 0 fully saturated rings. The van der Waals surface area contributed by atoms with Gasteiger partial charge in [-0.3, -0.25) is 4.79 Å². The van der Waals surface area contributed by atoms with Crippen LogP contribution in [0.2, 0.25) is 0 Å². The third-order valence-corrected chi connectivity index (χ3v) is 3.11. The lowest BCUT2D eigenvalue weighted by atomic mass is 9.98. The number of aromatic nitrogens is 1. The van der Waals surface area contributed by atoms with Crippen LogP contribution < -0.4 is 10.1 Å². The molecule has 1 N–H and O–H groups in total. The van der Waals surface area contributed by atoms with Gasteiger partial charge in [0.2, 0.25) is 5.88 Å². The van der Waals surface area contributed by atoms with Gasteiger partial charge >= 0.3 is 12.1 Å². The Morgan fingerprint density at radius 3 is 2.39 bits per heavy atom. The largest absolute Gasteiger partial charge is 0.468 e. The molecule has 0 spiro atoms. The lowest BCUT2D eigenvalue weighted by Crippen LogP contribution is -2.52. The topological polar surface area (TPSA) is 77.5 Å². The number of amides is 1. The Labute approximate surface area is 131 Å². The predicted molar refractivity (Wildman–Crippen MR) is 74.0 cm³/mol. The van der Waals surface area contributed by atoms with Gasteiger partial charge in [0.05, 0.1) is 12.7 Å². The number of halogens is 3. The minimum atomic E-state index is -4.47. The SMILES string of the molecule is CC[C@@](C)(NC(=O)c1ccc(OCC(F)(F)F)nc1)C(=O)OC. The van der Waals surface area contributed by atoms with Crippen molar-refractivity contribution < 1.29 is 32.2 Å². The van der Waals surface area contributed by atoms with E-state index in [0.717, 1.165) is 12.3 Å². The number of rotatable bonds is 6. The molecule has 0 aromatic carbocycles. The van der Waals surface area contributed by atoms with Crippen LogP contribution in [0, 0.1) is 0 Å². The second kappa shape index (κ2) is 7.30. The first-order valence-electron chi connectivity index (χ1n) is 6.68. The summed E-state index contributed by atoms with van der Waals surface area (Å²) in [4.78, 5) is 27.4. The molecule has 0 saturated heterocycles. The highest BCUT2D eigenvalue weighted by Gasteiger charge is 2.34. The van der Waals surface area contributed by atoms with E-state index in [-0.39, 0.29) is 11.4 Å². The number of carbonyl (C=O) groups is 2. The van der Waals surface area contributed by atoms with Gasteiger partial charge in [0.15, 0.2) is 6.61 Å². The molecule has 0 saturated carbocycles. The molecule has 1 atom stereocenters. The van der Waals surface area contributed by atoms with Crippen LogP contribution in [0.25, 0.3) is 0 Å². The zero-order valence-electron chi connectivity index (χ0n) is 12.9. The summed E-state index contributed by atoms with van der Waals surface area (Å²) in [5.41, 5.74) is -1.13. The number of esters is 1. The third kappa shape index (κ3) is 5.42. The van der Waals surface area contributed by atoms with Crippen molar-refractivity contribution in [2.45, 2.75) is 32.0 Å². The van der Waals surface area contributed by atoms with Crippen molar-refractivity contribution in [2.24, 2.45) is 0 Å². The van der Waals surface area contributed by atoms with Crippen LogP contribution >= 0.6 is 0 Å². The number of nitrogens with zero attached hydrogens (tertiary/aromatic N) is 1. The maximum Gasteiger partial charge on any atom is 0.422 e. The molecule has 0 aliphatic carbocycles. The van der Waals surface area contributed by atoms with E-state index in [1.807, 2.05) is 0 Å². The maximum atomic E-state index is 12.1. The number of carbonyl (C=O) groups excluding carboxylic acids is 2. The van der Waals surface area contributed by atoms with E-state index >= 15 is 0 Å². The van der Waals surface area contributed by atoms with Crippen LogP contribution in [0.4, 0.5) is 13.2 Å². The highest BCUT2D eigenvalue weighted by Crippen LogP contribution is 2.17. The molecule has 1 amide bonds. The Kier molecular flexibility index (Phi) is 5.94. The van der Waals surface area contributed by atoms with Gasteiger partial charge in [0.1, 0.15) is 5.54 Å². The van der Waals surface area contributed by atoms with Gasteiger partial charge in [0, 0.05) is 12.3 Å². The Morgan fingerprint density at radius 1 is 1.30 bits per heavy atom. The molecule has 23 heavy (non-hydrogen) atoms. The number of hydrogen-bond donors (Lipinski definition) is 1. The maximum absolute atomic E-state index is 12.1. The normalized spacial score (nSPS) is 13.8. The van der Waals surface area contributed by atoms with Gasteiger partial charge < -0.3 is 14.8 Å². The highest BCUT2D eigenvalue weighted by molar-refractivity contribution is 5.97. The first-order chi connectivity index (χ1) is 10.6. The van der Waals surface area contributed by atoms with Crippen LogP contribution in [0.3, 0.4) is 0 Å². The summed E-state index contributed by atoms with van der Waals surface area (Å²) in [6.45, 7) is 1.73. The van der Waals surface area contributed by atoms with Crippen LogP contribution in [-0.2, 0) is 9.53 Å². The number of methoxy groups -OCH3 is 1. The Morgan fingerprint density at radius 2 is 1.96 bits per heavy atom. The molecule has 0 radical (unpaired) electrons. The summed E-state index contributed by atoms with van der Waals surface area (Å²) in [7, 11) is 1.21. The van der Waals surface area contributed by atoms with E-state index in [1.54, 1.807) is 6.92 Å². The van der Waals surface area contributed by atoms with Crippen molar-refractivity contribution in [3.8, 4) is 5.88 Å². The molecule has 6 nitrogen and oxygen atoms in total. The van der Waals surface area contributed by atoms with Crippen molar-refractivity contribution >= 4 is 11.9 Å². The molecule has 1 aromatic rings. The molecule has 0 bridgehead atoms. The Balaban J connectivity index is 2.76. The molecular formula is C14H17F3N2O4. The molecule has 0 aliphatic heterocycles. The smallest absolute Gasteiger partial charge is 0.422 e. The second-order valence-corrected chi connectivity index (χ2v) is 4.92. The van der Waals surface area contributed by atoms with E-state index in [9.17, 15) is 22.8 Å². The molecule has 0 aliphatic rings. The van der Waals surface area contributed by atoms with Crippen molar-refractivity contribution in [3.05, 3.63) is 23.9 Å². The van der Waals surface area contributed by atoms with E-state index in [1.165, 1.54) is 20.1 Å². The standard InChI is InChI=1S/C14H17F3N2O4/c1-4-13(2,12(21)22-3)19-11(20)9-5-6-10(18-7-9)23-8-14(15,16)17/h5-7H,4,8H2,1-3H3,(H,19,20)/t13-/m1/s1. The van der Waals surface area contributed by atoms with Gasteiger partial charge in [-0.1, -0.05) is 6.92 Å². The number of alkyl halides is 3. The Hall–Kier alpha value is -2.32. The number of pyridine rings is 1. The molecule has 1 rings (SSSR count). The fraction of sp³-hybridized carbons (Fsp3) is 0.500. The number of hydrogen-bond acceptors (Lipinski definition) is 5.